The molecule has 1 aromatic rings. The molecule has 1 unspecified atom stereocenters. The van der Waals surface area contributed by atoms with E-state index in [4.69, 9.17) is 10.5 Å². The molecule has 0 aliphatic carbocycles. The maximum absolute atomic E-state index is 11.9. The predicted molar refractivity (Wildman–Crippen MR) is 77.2 cm³/mol. The fraction of sp³-hybridized carbons (Fsp3) is 0.429. The third-order valence-corrected chi connectivity index (χ3v) is 2.91. The van der Waals surface area contributed by atoms with Crippen LogP contribution < -0.4 is 15.8 Å². The first-order valence-electron chi connectivity index (χ1n) is 6.38. The lowest BCUT2D eigenvalue weighted by atomic mass is 10.1. The highest BCUT2D eigenvalue weighted by Gasteiger charge is 2.17. The topological polar surface area (TPSA) is 84.7 Å². The zero-order valence-corrected chi connectivity index (χ0v) is 12.1. The van der Waals surface area contributed by atoms with Crippen molar-refractivity contribution in [3.05, 3.63) is 24.3 Å². The summed E-state index contributed by atoms with van der Waals surface area (Å²) in [5, 5.41) is 2.55. The normalized spacial score (nSPS) is 11.6. The van der Waals surface area contributed by atoms with Gasteiger partial charge in [-0.2, -0.15) is 0 Å². The molecule has 0 fully saturated rings. The lowest BCUT2D eigenvalue weighted by molar-refractivity contribution is -0.133. The molecule has 0 saturated carbocycles. The van der Waals surface area contributed by atoms with Gasteiger partial charge in [0.25, 0.3) is 5.91 Å². The Kier molecular flexibility index (Phi) is 5.83. The number of nitrogens with two attached hydrogens (primary N) is 1. The quantitative estimate of drug-likeness (QED) is 0.742. The number of carbonyl (C=O) groups is 2. The SMILES string of the molecule is CNC(=O)C(C)CN(C)C(=O)COc1ccc(N)cc1. The molecule has 110 valence electrons. The van der Waals surface area contributed by atoms with Gasteiger partial charge in [-0.3, -0.25) is 9.59 Å². The van der Waals surface area contributed by atoms with Crippen molar-refractivity contribution >= 4 is 17.5 Å². The van der Waals surface area contributed by atoms with Gasteiger partial charge in [0.2, 0.25) is 5.91 Å². The zero-order valence-electron chi connectivity index (χ0n) is 12.1. The first-order valence-corrected chi connectivity index (χ1v) is 6.38. The number of amides is 2. The van der Waals surface area contributed by atoms with Crippen LogP contribution in [0.15, 0.2) is 24.3 Å². The number of hydrogen-bond acceptors (Lipinski definition) is 4. The van der Waals surface area contributed by atoms with E-state index in [-0.39, 0.29) is 24.3 Å². The Morgan fingerprint density at radius 1 is 1.35 bits per heavy atom. The van der Waals surface area contributed by atoms with E-state index >= 15 is 0 Å². The van der Waals surface area contributed by atoms with Crippen LogP contribution in [0.3, 0.4) is 0 Å². The van der Waals surface area contributed by atoms with Crippen LogP contribution in [0.1, 0.15) is 6.92 Å². The lowest BCUT2D eigenvalue weighted by Gasteiger charge is -2.20. The minimum absolute atomic E-state index is 0.0686. The summed E-state index contributed by atoms with van der Waals surface area (Å²) in [5.41, 5.74) is 6.20. The first-order chi connectivity index (χ1) is 9.43. The van der Waals surface area contributed by atoms with Crippen LogP contribution in [0.5, 0.6) is 5.75 Å². The number of nitrogens with zero attached hydrogens (tertiary/aromatic N) is 1. The third-order valence-electron chi connectivity index (χ3n) is 2.91. The van der Waals surface area contributed by atoms with Gasteiger partial charge in [-0.25, -0.2) is 0 Å². The number of rotatable bonds is 6. The van der Waals surface area contributed by atoms with Gasteiger partial charge in [-0.1, -0.05) is 6.92 Å². The average molecular weight is 279 g/mol. The molecular weight excluding hydrogens is 258 g/mol. The van der Waals surface area contributed by atoms with E-state index in [9.17, 15) is 9.59 Å². The van der Waals surface area contributed by atoms with Crippen molar-refractivity contribution in [1.29, 1.82) is 0 Å². The summed E-state index contributed by atoms with van der Waals surface area (Å²) in [6, 6.07) is 6.82. The summed E-state index contributed by atoms with van der Waals surface area (Å²) in [4.78, 5) is 24.7. The van der Waals surface area contributed by atoms with Crippen molar-refractivity contribution in [2.24, 2.45) is 5.92 Å². The molecule has 0 aromatic heterocycles. The molecule has 3 N–H and O–H groups in total. The molecule has 0 saturated heterocycles. The second-order valence-corrected chi connectivity index (χ2v) is 4.65. The van der Waals surface area contributed by atoms with Gasteiger partial charge in [-0.15, -0.1) is 0 Å². The summed E-state index contributed by atoms with van der Waals surface area (Å²) in [6.45, 7) is 2.05. The molecule has 2 amide bonds. The number of nitrogen functional groups attached to an aromatic ring is 1. The summed E-state index contributed by atoms with van der Waals surface area (Å²) in [7, 11) is 3.22. The van der Waals surface area contributed by atoms with Crippen LogP contribution in [0.25, 0.3) is 0 Å². The monoisotopic (exact) mass is 279 g/mol. The van der Waals surface area contributed by atoms with Gasteiger partial charge < -0.3 is 20.7 Å². The molecule has 1 rings (SSSR count). The van der Waals surface area contributed by atoms with Gasteiger partial charge in [-0.05, 0) is 24.3 Å². The summed E-state index contributed by atoms with van der Waals surface area (Å²) < 4.78 is 5.36. The average Bonchev–Trinajstić information content (AvgIpc) is 2.45. The van der Waals surface area contributed by atoms with E-state index in [1.807, 2.05) is 0 Å². The zero-order chi connectivity index (χ0) is 15.1. The van der Waals surface area contributed by atoms with E-state index in [1.165, 1.54) is 4.90 Å². The van der Waals surface area contributed by atoms with Crippen molar-refractivity contribution in [2.75, 3.05) is 33.0 Å². The van der Waals surface area contributed by atoms with Gasteiger partial charge in [0.1, 0.15) is 5.75 Å². The van der Waals surface area contributed by atoms with E-state index in [0.29, 0.717) is 18.0 Å². The molecule has 0 aliphatic heterocycles. The Labute approximate surface area is 118 Å². The highest BCUT2D eigenvalue weighted by Crippen LogP contribution is 2.13. The Morgan fingerprint density at radius 2 is 1.95 bits per heavy atom. The summed E-state index contributed by atoms with van der Waals surface area (Å²) in [5.74, 6) is 0.0486. The maximum Gasteiger partial charge on any atom is 0.260 e. The highest BCUT2D eigenvalue weighted by atomic mass is 16.5. The van der Waals surface area contributed by atoms with Crippen LogP contribution in [-0.2, 0) is 9.59 Å². The molecule has 6 nitrogen and oxygen atoms in total. The van der Waals surface area contributed by atoms with Crippen LogP contribution in [0.4, 0.5) is 5.69 Å². The van der Waals surface area contributed by atoms with E-state index < -0.39 is 0 Å². The smallest absolute Gasteiger partial charge is 0.260 e. The fourth-order valence-corrected chi connectivity index (χ4v) is 1.66. The van der Waals surface area contributed by atoms with Gasteiger partial charge in [0.15, 0.2) is 6.61 Å². The number of hydrogen-bond donors (Lipinski definition) is 2. The van der Waals surface area contributed by atoms with Crippen LogP contribution >= 0.6 is 0 Å². The van der Waals surface area contributed by atoms with Crippen molar-refractivity contribution in [2.45, 2.75) is 6.92 Å². The minimum Gasteiger partial charge on any atom is -0.484 e. The molecule has 0 heterocycles. The Bertz CT molecular complexity index is 459. The Morgan fingerprint density at radius 3 is 2.50 bits per heavy atom. The van der Waals surface area contributed by atoms with E-state index in [2.05, 4.69) is 5.32 Å². The van der Waals surface area contributed by atoms with Crippen molar-refractivity contribution in [1.82, 2.24) is 10.2 Å². The number of ether oxygens (including phenoxy) is 1. The summed E-state index contributed by atoms with van der Waals surface area (Å²) >= 11 is 0. The van der Waals surface area contributed by atoms with E-state index in [0.717, 1.165) is 0 Å². The number of likely N-dealkylation sites (N-methyl/N-ethyl adjacent to an activating group) is 1. The fourth-order valence-electron chi connectivity index (χ4n) is 1.66. The van der Waals surface area contributed by atoms with Gasteiger partial charge in [0, 0.05) is 26.3 Å². The Balaban J connectivity index is 2.42. The summed E-state index contributed by atoms with van der Waals surface area (Å²) in [6.07, 6.45) is 0. The minimum atomic E-state index is -0.259. The molecule has 0 bridgehead atoms. The Hall–Kier alpha value is -2.24. The molecular formula is C14H21N3O3. The number of anilines is 1. The van der Waals surface area contributed by atoms with Crippen molar-refractivity contribution in [3.63, 3.8) is 0 Å². The largest absolute Gasteiger partial charge is 0.484 e. The predicted octanol–water partition coefficient (Wildman–Crippen LogP) is 0.488. The van der Waals surface area contributed by atoms with Gasteiger partial charge >= 0.3 is 0 Å². The number of carbonyl (C=O) groups excluding carboxylic acids is 2. The van der Waals surface area contributed by atoms with Crippen LogP contribution in [0, 0.1) is 5.92 Å². The third kappa shape index (κ3) is 4.79. The maximum atomic E-state index is 11.9. The lowest BCUT2D eigenvalue weighted by Crippen LogP contribution is -2.39. The molecule has 0 spiro atoms. The first kappa shape index (κ1) is 15.8. The highest BCUT2D eigenvalue weighted by molar-refractivity contribution is 5.80. The number of benzene rings is 1. The number of nitrogens with one attached hydrogen (secondary N) is 1. The van der Waals surface area contributed by atoms with Gasteiger partial charge in [0.05, 0.1) is 5.92 Å². The van der Waals surface area contributed by atoms with Crippen LogP contribution in [0.2, 0.25) is 0 Å². The molecule has 0 aliphatic rings. The van der Waals surface area contributed by atoms with Crippen molar-refractivity contribution < 1.29 is 14.3 Å². The van der Waals surface area contributed by atoms with Crippen LogP contribution in [-0.4, -0.2) is 44.0 Å². The molecule has 20 heavy (non-hydrogen) atoms. The molecule has 6 heteroatoms. The standard InChI is InChI=1S/C14H21N3O3/c1-10(14(19)16-2)8-17(3)13(18)9-20-12-6-4-11(15)5-7-12/h4-7,10H,8-9,15H2,1-3H3,(H,16,19). The molecule has 0 radical (unpaired) electrons. The van der Waals surface area contributed by atoms with E-state index in [1.54, 1.807) is 45.3 Å². The second kappa shape index (κ2) is 7.37. The van der Waals surface area contributed by atoms with Crippen molar-refractivity contribution in [3.8, 4) is 5.75 Å². The molecule has 1 atom stereocenters. The molecule has 1 aromatic carbocycles. The second-order valence-electron chi connectivity index (χ2n) is 4.65.